The molecule has 0 spiro atoms. The summed E-state index contributed by atoms with van der Waals surface area (Å²) in [5.41, 5.74) is 6.08. The fourth-order valence-electron chi connectivity index (χ4n) is 4.54. The maximum absolute atomic E-state index is 13.0. The maximum Gasteiger partial charge on any atom is 0.227 e. The topological polar surface area (TPSA) is 61.0 Å². The van der Waals surface area contributed by atoms with Gasteiger partial charge in [0.15, 0.2) is 0 Å². The Morgan fingerprint density at radius 2 is 1.87 bits per heavy atom. The van der Waals surface area contributed by atoms with Gasteiger partial charge in [-0.1, -0.05) is 43.5 Å². The van der Waals surface area contributed by atoms with Gasteiger partial charge in [0.05, 0.1) is 22.4 Å². The minimum absolute atomic E-state index is 0.128. The van der Waals surface area contributed by atoms with Crippen molar-refractivity contribution in [2.45, 2.75) is 52.9 Å². The van der Waals surface area contributed by atoms with Gasteiger partial charge in [0.2, 0.25) is 5.91 Å². The van der Waals surface area contributed by atoms with E-state index in [-0.39, 0.29) is 11.8 Å². The van der Waals surface area contributed by atoms with Crippen molar-refractivity contribution < 1.29 is 4.79 Å². The number of nitrogens with one attached hydrogen (secondary N) is 2. The van der Waals surface area contributed by atoms with E-state index in [1.54, 1.807) is 0 Å². The van der Waals surface area contributed by atoms with E-state index in [1.165, 1.54) is 12.0 Å². The van der Waals surface area contributed by atoms with Gasteiger partial charge in [-0.05, 0) is 51.3 Å². The van der Waals surface area contributed by atoms with Gasteiger partial charge < -0.3 is 15.2 Å². The van der Waals surface area contributed by atoms with Crippen molar-refractivity contribution in [2.24, 2.45) is 5.92 Å². The number of amides is 1. The molecule has 1 heterocycles. The number of aromatic amines is 1. The summed E-state index contributed by atoms with van der Waals surface area (Å²) in [6.07, 6.45) is 5.54. The van der Waals surface area contributed by atoms with Crippen molar-refractivity contribution in [3.8, 4) is 11.4 Å². The first-order valence-corrected chi connectivity index (χ1v) is 11.3. The van der Waals surface area contributed by atoms with Crippen LogP contribution in [0.25, 0.3) is 22.4 Å². The van der Waals surface area contributed by atoms with Crippen LogP contribution >= 0.6 is 0 Å². The summed E-state index contributed by atoms with van der Waals surface area (Å²) in [6, 6.07) is 12.4. The molecule has 1 aliphatic rings. The Balaban J connectivity index is 1.74. The number of H-pyrrole nitrogens is 1. The Morgan fingerprint density at radius 1 is 1.13 bits per heavy atom. The van der Waals surface area contributed by atoms with Crippen molar-refractivity contribution >= 4 is 28.3 Å². The third-order valence-electron chi connectivity index (χ3n) is 6.34. The number of benzene rings is 2. The lowest BCUT2D eigenvalue weighted by Crippen LogP contribution is -2.27. The highest BCUT2D eigenvalue weighted by Gasteiger charge is 2.23. The van der Waals surface area contributed by atoms with Gasteiger partial charge in [0, 0.05) is 24.6 Å². The summed E-state index contributed by atoms with van der Waals surface area (Å²) in [5.74, 6) is 1.15. The maximum atomic E-state index is 13.0. The molecule has 5 nitrogen and oxygen atoms in total. The van der Waals surface area contributed by atoms with Crippen LogP contribution in [-0.2, 0) is 4.79 Å². The zero-order valence-corrected chi connectivity index (χ0v) is 18.3. The number of rotatable bonds is 6. The zero-order chi connectivity index (χ0) is 21.1. The molecule has 1 saturated carbocycles. The molecule has 158 valence electrons. The predicted molar refractivity (Wildman–Crippen MR) is 125 cm³/mol. The Bertz CT molecular complexity index is 1030. The van der Waals surface area contributed by atoms with E-state index in [4.69, 9.17) is 4.98 Å². The molecule has 0 aliphatic heterocycles. The molecule has 0 radical (unpaired) electrons. The molecule has 2 aromatic carbocycles. The summed E-state index contributed by atoms with van der Waals surface area (Å²) >= 11 is 0. The highest BCUT2D eigenvalue weighted by molar-refractivity contribution is 5.99. The number of fused-ring (bicyclic) bond motifs is 1. The molecule has 5 heteroatoms. The van der Waals surface area contributed by atoms with Crippen LogP contribution in [0, 0.1) is 12.8 Å². The van der Waals surface area contributed by atoms with Crippen LogP contribution in [-0.4, -0.2) is 29.0 Å². The van der Waals surface area contributed by atoms with Gasteiger partial charge in [0.25, 0.3) is 0 Å². The lowest BCUT2D eigenvalue weighted by Gasteiger charge is -2.26. The molecule has 0 bridgehead atoms. The normalized spacial score (nSPS) is 14.8. The zero-order valence-electron chi connectivity index (χ0n) is 18.3. The van der Waals surface area contributed by atoms with Crippen molar-refractivity contribution in [1.29, 1.82) is 0 Å². The summed E-state index contributed by atoms with van der Waals surface area (Å²) in [7, 11) is 0. The van der Waals surface area contributed by atoms with E-state index in [1.807, 2.05) is 12.1 Å². The SMILES string of the molecule is CCN(CC)c1cc2nc(-c3ccccc3C)[nH]c2cc1NC(=O)C1CCCCC1. The van der Waals surface area contributed by atoms with Gasteiger partial charge in [-0.3, -0.25) is 4.79 Å². The lowest BCUT2D eigenvalue weighted by atomic mass is 9.88. The molecule has 1 fully saturated rings. The Labute approximate surface area is 178 Å². The average molecular weight is 405 g/mol. The second-order valence-corrected chi connectivity index (χ2v) is 8.28. The Kier molecular flexibility index (Phi) is 6.07. The monoisotopic (exact) mass is 404 g/mol. The molecular weight excluding hydrogens is 372 g/mol. The summed E-state index contributed by atoms with van der Waals surface area (Å²) in [6.45, 7) is 8.14. The molecular formula is C25H32N4O. The van der Waals surface area contributed by atoms with E-state index in [2.05, 4.69) is 60.2 Å². The van der Waals surface area contributed by atoms with Gasteiger partial charge in [-0.15, -0.1) is 0 Å². The number of imidazole rings is 1. The number of carbonyl (C=O) groups excluding carboxylic acids is 1. The number of hydrogen-bond acceptors (Lipinski definition) is 3. The van der Waals surface area contributed by atoms with Crippen LogP contribution in [0.3, 0.4) is 0 Å². The molecule has 30 heavy (non-hydrogen) atoms. The molecule has 1 aromatic heterocycles. The van der Waals surface area contributed by atoms with Crippen molar-refractivity contribution in [3.05, 3.63) is 42.0 Å². The molecule has 0 atom stereocenters. The largest absolute Gasteiger partial charge is 0.370 e. The summed E-state index contributed by atoms with van der Waals surface area (Å²) in [5, 5.41) is 3.25. The molecule has 2 N–H and O–H groups in total. The van der Waals surface area contributed by atoms with E-state index >= 15 is 0 Å². The van der Waals surface area contributed by atoms with Gasteiger partial charge in [-0.25, -0.2) is 4.98 Å². The number of hydrogen-bond donors (Lipinski definition) is 2. The van der Waals surface area contributed by atoms with Crippen LogP contribution in [0.5, 0.6) is 0 Å². The number of aryl methyl sites for hydroxylation is 1. The second kappa shape index (κ2) is 8.90. The third kappa shape index (κ3) is 4.07. The fourth-order valence-corrected chi connectivity index (χ4v) is 4.54. The van der Waals surface area contributed by atoms with Gasteiger partial charge >= 0.3 is 0 Å². The van der Waals surface area contributed by atoms with Gasteiger partial charge in [-0.2, -0.15) is 0 Å². The van der Waals surface area contributed by atoms with Crippen molar-refractivity contribution in [2.75, 3.05) is 23.3 Å². The van der Waals surface area contributed by atoms with Crippen molar-refractivity contribution in [3.63, 3.8) is 0 Å². The van der Waals surface area contributed by atoms with Crippen molar-refractivity contribution in [1.82, 2.24) is 9.97 Å². The highest BCUT2D eigenvalue weighted by Crippen LogP contribution is 2.34. The second-order valence-electron chi connectivity index (χ2n) is 8.28. The first-order valence-electron chi connectivity index (χ1n) is 11.3. The summed E-state index contributed by atoms with van der Waals surface area (Å²) < 4.78 is 0. The van der Waals surface area contributed by atoms with Crippen LogP contribution in [0.2, 0.25) is 0 Å². The van der Waals surface area contributed by atoms with E-state index in [0.717, 1.165) is 72.6 Å². The summed E-state index contributed by atoms with van der Waals surface area (Å²) in [4.78, 5) is 23.6. The molecule has 3 aromatic rings. The van der Waals surface area contributed by atoms with Crippen LogP contribution in [0.4, 0.5) is 11.4 Å². The molecule has 0 saturated heterocycles. The Hall–Kier alpha value is -2.82. The number of aromatic nitrogens is 2. The Morgan fingerprint density at radius 3 is 2.57 bits per heavy atom. The van der Waals surface area contributed by atoms with Crippen LogP contribution in [0.15, 0.2) is 36.4 Å². The highest BCUT2D eigenvalue weighted by atomic mass is 16.1. The number of nitrogens with zero attached hydrogens (tertiary/aromatic N) is 2. The quantitative estimate of drug-likeness (QED) is 0.537. The smallest absolute Gasteiger partial charge is 0.227 e. The molecule has 0 unspecified atom stereocenters. The average Bonchev–Trinajstić information content (AvgIpc) is 3.18. The minimum Gasteiger partial charge on any atom is -0.370 e. The molecule has 1 amide bonds. The van der Waals surface area contributed by atoms with Gasteiger partial charge in [0.1, 0.15) is 5.82 Å². The predicted octanol–water partition coefficient (Wildman–Crippen LogP) is 5.90. The standard InChI is InChI=1S/C25H32N4O/c1-4-29(5-2)23-16-21-20(26-24(27-21)19-14-10-9-11-17(19)3)15-22(23)28-25(30)18-12-7-6-8-13-18/h9-11,14-16,18H,4-8,12-13H2,1-3H3,(H,26,27)(H,28,30). The van der Waals surface area contributed by atoms with Crippen LogP contribution < -0.4 is 10.2 Å². The third-order valence-corrected chi connectivity index (χ3v) is 6.34. The van der Waals surface area contributed by atoms with Crippen LogP contribution in [0.1, 0.15) is 51.5 Å². The minimum atomic E-state index is 0.128. The van der Waals surface area contributed by atoms with E-state index in [9.17, 15) is 4.79 Å². The van der Waals surface area contributed by atoms with E-state index < -0.39 is 0 Å². The number of anilines is 2. The lowest BCUT2D eigenvalue weighted by molar-refractivity contribution is -0.120. The first kappa shape index (κ1) is 20.5. The first-order chi connectivity index (χ1) is 14.6. The molecule has 4 rings (SSSR count). The fraction of sp³-hybridized carbons (Fsp3) is 0.440. The number of carbonyl (C=O) groups is 1. The molecule has 1 aliphatic carbocycles. The van der Waals surface area contributed by atoms with E-state index in [0.29, 0.717) is 0 Å².